The van der Waals surface area contributed by atoms with Crippen LogP contribution in [0, 0.1) is 0 Å². The molecule has 108 valence electrons. The Morgan fingerprint density at radius 1 is 1.47 bits per heavy atom. The van der Waals surface area contributed by atoms with E-state index in [-0.39, 0.29) is 11.6 Å². The summed E-state index contributed by atoms with van der Waals surface area (Å²) >= 11 is 1.73. The van der Waals surface area contributed by atoms with E-state index in [0.29, 0.717) is 6.04 Å². The van der Waals surface area contributed by atoms with Gasteiger partial charge in [-0.1, -0.05) is 0 Å². The van der Waals surface area contributed by atoms with Crippen LogP contribution < -0.4 is 10.2 Å². The van der Waals surface area contributed by atoms with Gasteiger partial charge in [-0.2, -0.15) is 0 Å². The second-order valence-corrected chi connectivity index (χ2v) is 7.21. The van der Waals surface area contributed by atoms with Crippen molar-refractivity contribution in [2.24, 2.45) is 0 Å². The van der Waals surface area contributed by atoms with Gasteiger partial charge < -0.3 is 15.0 Å². The molecule has 0 saturated carbocycles. The first kappa shape index (κ1) is 14.8. The van der Waals surface area contributed by atoms with Crippen LogP contribution in [0.3, 0.4) is 0 Å². The molecule has 4 nitrogen and oxygen atoms in total. The molecule has 2 rings (SSSR count). The molecule has 1 aromatic rings. The Bertz CT molecular complexity index is 413. The highest BCUT2D eigenvalue weighted by atomic mass is 32.1. The van der Waals surface area contributed by atoms with Crippen LogP contribution in [-0.4, -0.2) is 35.8 Å². The lowest BCUT2D eigenvalue weighted by Crippen LogP contribution is -2.47. The Balaban J connectivity index is 1.99. The van der Waals surface area contributed by atoms with Crippen LogP contribution in [-0.2, 0) is 11.3 Å². The minimum absolute atomic E-state index is 0.130. The summed E-state index contributed by atoms with van der Waals surface area (Å²) < 4.78 is 5.66. The van der Waals surface area contributed by atoms with Crippen molar-refractivity contribution in [2.75, 3.05) is 18.1 Å². The van der Waals surface area contributed by atoms with E-state index in [1.54, 1.807) is 11.3 Å². The van der Waals surface area contributed by atoms with Crippen molar-refractivity contribution in [2.45, 2.75) is 58.8 Å². The van der Waals surface area contributed by atoms with Gasteiger partial charge in [0.25, 0.3) is 0 Å². The van der Waals surface area contributed by atoms with Gasteiger partial charge in [0.2, 0.25) is 0 Å². The minimum Gasteiger partial charge on any atom is -0.375 e. The van der Waals surface area contributed by atoms with Crippen LogP contribution in [0.5, 0.6) is 0 Å². The molecule has 0 aromatic carbocycles. The zero-order chi connectivity index (χ0) is 14.0. The lowest BCUT2D eigenvalue weighted by molar-refractivity contribution is 0.0343. The number of rotatable bonds is 3. The largest absolute Gasteiger partial charge is 0.375 e. The van der Waals surface area contributed by atoms with Gasteiger partial charge in [-0.25, -0.2) is 4.98 Å². The molecule has 19 heavy (non-hydrogen) atoms. The topological polar surface area (TPSA) is 37.4 Å². The van der Waals surface area contributed by atoms with Crippen LogP contribution in [0.1, 0.15) is 40.3 Å². The summed E-state index contributed by atoms with van der Waals surface area (Å²) in [6, 6.07) is 0.408. The summed E-state index contributed by atoms with van der Waals surface area (Å²) in [5.41, 5.74) is 1.26. The van der Waals surface area contributed by atoms with Crippen LogP contribution >= 0.6 is 11.3 Å². The van der Waals surface area contributed by atoms with Crippen molar-refractivity contribution in [1.29, 1.82) is 0 Å². The third kappa shape index (κ3) is 4.16. The number of aromatic nitrogens is 1. The van der Waals surface area contributed by atoms with Crippen molar-refractivity contribution in [3.63, 3.8) is 0 Å². The summed E-state index contributed by atoms with van der Waals surface area (Å²) in [6.07, 6.45) is 0.288. The van der Waals surface area contributed by atoms with Gasteiger partial charge in [0, 0.05) is 24.0 Å². The monoisotopic (exact) mass is 283 g/mol. The molecule has 1 aromatic heterocycles. The van der Waals surface area contributed by atoms with Crippen LogP contribution in [0.4, 0.5) is 5.13 Å². The number of hydrogen-bond donors (Lipinski definition) is 1. The highest BCUT2D eigenvalue weighted by Crippen LogP contribution is 2.25. The number of ether oxygens (including phenoxy) is 1. The second kappa shape index (κ2) is 5.77. The molecule has 5 heteroatoms. The van der Waals surface area contributed by atoms with Crippen LogP contribution in [0.2, 0.25) is 0 Å². The van der Waals surface area contributed by atoms with E-state index in [4.69, 9.17) is 9.72 Å². The lowest BCUT2D eigenvalue weighted by Gasteiger charge is -2.36. The Labute approximate surface area is 120 Å². The Morgan fingerprint density at radius 3 is 2.89 bits per heavy atom. The average molecular weight is 283 g/mol. The number of morpholine rings is 1. The van der Waals surface area contributed by atoms with Crippen molar-refractivity contribution >= 4 is 16.5 Å². The van der Waals surface area contributed by atoms with E-state index in [0.717, 1.165) is 30.5 Å². The fraction of sp³-hybridized carbons (Fsp3) is 0.786. The molecule has 2 unspecified atom stereocenters. The number of thiazole rings is 1. The number of hydrogen-bond acceptors (Lipinski definition) is 5. The minimum atomic E-state index is 0.130. The fourth-order valence-electron chi connectivity index (χ4n) is 2.03. The van der Waals surface area contributed by atoms with E-state index in [2.05, 4.69) is 50.2 Å². The molecule has 1 aliphatic rings. The van der Waals surface area contributed by atoms with Crippen molar-refractivity contribution in [1.82, 2.24) is 10.3 Å². The summed E-state index contributed by atoms with van der Waals surface area (Å²) in [4.78, 5) is 7.11. The zero-order valence-corrected chi connectivity index (χ0v) is 13.4. The third-order valence-electron chi connectivity index (χ3n) is 3.19. The smallest absolute Gasteiger partial charge is 0.185 e. The first-order valence-corrected chi connectivity index (χ1v) is 7.81. The van der Waals surface area contributed by atoms with Gasteiger partial charge in [-0.05, 0) is 34.6 Å². The molecular weight excluding hydrogens is 258 g/mol. The molecule has 0 spiro atoms. The molecule has 1 aliphatic heterocycles. The highest BCUT2D eigenvalue weighted by Gasteiger charge is 2.25. The van der Waals surface area contributed by atoms with E-state index in [1.165, 1.54) is 0 Å². The van der Waals surface area contributed by atoms with Gasteiger partial charge in [-0.15, -0.1) is 11.3 Å². The van der Waals surface area contributed by atoms with Gasteiger partial charge in [0.15, 0.2) is 5.13 Å². The summed E-state index contributed by atoms with van der Waals surface area (Å²) in [6.45, 7) is 13.4. The summed E-state index contributed by atoms with van der Waals surface area (Å²) in [7, 11) is 0. The second-order valence-electron chi connectivity index (χ2n) is 6.37. The average Bonchev–Trinajstić information content (AvgIpc) is 2.77. The molecule has 0 aliphatic carbocycles. The molecule has 2 heterocycles. The first-order chi connectivity index (χ1) is 8.85. The number of nitrogens with one attached hydrogen (secondary N) is 1. The molecule has 1 N–H and O–H groups in total. The van der Waals surface area contributed by atoms with Crippen molar-refractivity contribution in [3.8, 4) is 0 Å². The Morgan fingerprint density at radius 2 is 2.21 bits per heavy atom. The number of anilines is 1. The summed E-state index contributed by atoms with van der Waals surface area (Å²) in [5, 5.41) is 6.75. The van der Waals surface area contributed by atoms with E-state index in [1.807, 2.05) is 0 Å². The Kier molecular flexibility index (Phi) is 4.48. The first-order valence-electron chi connectivity index (χ1n) is 6.93. The van der Waals surface area contributed by atoms with Crippen molar-refractivity contribution < 1.29 is 4.74 Å². The molecule has 2 atom stereocenters. The van der Waals surface area contributed by atoms with Gasteiger partial charge in [0.1, 0.15) is 0 Å². The maximum absolute atomic E-state index is 5.66. The van der Waals surface area contributed by atoms with Crippen LogP contribution in [0.25, 0.3) is 0 Å². The maximum atomic E-state index is 5.66. The van der Waals surface area contributed by atoms with E-state index >= 15 is 0 Å². The third-order valence-corrected chi connectivity index (χ3v) is 4.12. The quantitative estimate of drug-likeness (QED) is 0.925. The Hall–Kier alpha value is -0.650. The van der Waals surface area contributed by atoms with Gasteiger partial charge in [0.05, 0.1) is 24.4 Å². The van der Waals surface area contributed by atoms with Crippen molar-refractivity contribution in [3.05, 3.63) is 11.1 Å². The van der Waals surface area contributed by atoms with Crippen LogP contribution in [0.15, 0.2) is 5.38 Å². The predicted octanol–water partition coefficient (Wildman–Crippen LogP) is 2.64. The van der Waals surface area contributed by atoms with Gasteiger partial charge >= 0.3 is 0 Å². The molecule has 1 saturated heterocycles. The molecule has 1 fully saturated rings. The molecular formula is C14H25N3OS. The predicted molar refractivity (Wildman–Crippen MR) is 80.9 cm³/mol. The fourth-order valence-corrected chi connectivity index (χ4v) is 2.97. The van der Waals surface area contributed by atoms with E-state index in [9.17, 15) is 0 Å². The normalized spacial score (nSPS) is 24.8. The molecule has 0 bridgehead atoms. The highest BCUT2D eigenvalue weighted by molar-refractivity contribution is 7.13. The summed E-state index contributed by atoms with van der Waals surface area (Å²) in [5.74, 6) is 0. The lowest BCUT2D eigenvalue weighted by atomic mass is 10.1. The SMILES string of the molecule is CC1CN(c2nc(CNC(C)(C)C)cs2)C(C)CO1. The van der Waals surface area contributed by atoms with E-state index < -0.39 is 0 Å². The maximum Gasteiger partial charge on any atom is 0.185 e. The zero-order valence-electron chi connectivity index (χ0n) is 12.6. The number of nitrogens with zero attached hydrogens (tertiary/aromatic N) is 2. The van der Waals surface area contributed by atoms with Gasteiger partial charge in [-0.3, -0.25) is 0 Å². The molecule has 0 radical (unpaired) electrons. The standard InChI is InChI=1S/C14H25N3OS/c1-10-8-18-11(2)7-17(10)13-16-12(9-19-13)6-15-14(3,4)5/h9-11,15H,6-8H2,1-5H3. The molecule has 0 amide bonds.